The highest BCUT2D eigenvalue weighted by Crippen LogP contribution is 2.18. The number of rotatable bonds is 5. The van der Waals surface area contributed by atoms with Crippen molar-refractivity contribution in [1.29, 1.82) is 0 Å². The van der Waals surface area contributed by atoms with E-state index in [9.17, 15) is 9.59 Å². The van der Waals surface area contributed by atoms with Crippen LogP contribution in [0.4, 0.5) is 0 Å². The monoisotopic (exact) mass is 235 g/mol. The molecule has 0 unspecified atom stereocenters. The van der Waals surface area contributed by atoms with E-state index in [4.69, 9.17) is 0 Å². The molecule has 0 saturated heterocycles. The third-order valence-corrected chi connectivity index (χ3v) is 2.85. The highest BCUT2D eigenvalue weighted by Gasteiger charge is 2.20. The van der Waals surface area contributed by atoms with Gasteiger partial charge in [0.1, 0.15) is 0 Å². The largest absolute Gasteiger partial charge is 0.316 e. The Hall–Kier alpha value is -1.62. The van der Waals surface area contributed by atoms with Gasteiger partial charge in [-0.05, 0) is 18.4 Å². The summed E-state index contributed by atoms with van der Waals surface area (Å²) in [7, 11) is 1.57. The predicted molar refractivity (Wildman–Crippen MR) is 66.1 cm³/mol. The molecule has 5 heteroatoms. The lowest BCUT2D eigenvalue weighted by molar-refractivity contribution is 0.648. The van der Waals surface area contributed by atoms with E-state index in [1.165, 1.54) is 22.0 Å². The van der Waals surface area contributed by atoms with E-state index in [0.717, 1.165) is 5.57 Å². The lowest BCUT2D eigenvalue weighted by atomic mass is 10.3. The van der Waals surface area contributed by atoms with E-state index in [1.54, 1.807) is 19.4 Å². The smallest absolute Gasteiger partial charge is 0.312 e. The van der Waals surface area contributed by atoms with Crippen molar-refractivity contribution in [3.05, 3.63) is 45.3 Å². The first-order valence-electron chi connectivity index (χ1n) is 5.74. The van der Waals surface area contributed by atoms with Gasteiger partial charge in [-0.1, -0.05) is 6.58 Å². The summed E-state index contributed by atoms with van der Waals surface area (Å²) in [5.41, 5.74) is -0.0923. The molecule has 1 N–H and O–H groups in total. The van der Waals surface area contributed by atoms with Crippen molar-refractivity contribution < 1.29 is 0 Å². The molecule has 0 spiro atoms. The molecule has 92 valence electrons. The van der Waals surface area contributed by atoms with Gasteiger partial charge in [-0.25, -0.2) is 0 Å². The minimum Gasteiger partial charge on any atom is -0.312 e. The number of nitrogens with zero attached hydrogens (tertiary/aromatic N) is 2. The molecule has 2 rings (SSSR count). The van der Waals surface area contributed by atoms with Crippen molar-refractivity contribution in [1.82, 2.24) is 14.5 Å². The summed E-state index contributed by atoms with van der Waals surface area (Å²) in [5.74, 6) is 0. The second kappa shape index (κ2) is 4.71. The van der Waals surface area contributed by atoms with Crippen molar-refractivity contribution in [3.8, 4) is 0 Å². The second-order valence-electron chi connectivity index (χ2n) is 4.55. The lowest BCUT2D eigenvalue weighted by Gasteiger charge is -2.09. The van der Waals surface area contributed by atoms with Crippen molar-refractivity contribution in [3.63, 3.8) is 0 Å². The van der Waals surface area contributed by atoms with Crippen LogP contribution in [0.15, 0.2) is 34.1 Å². The SMILES string of the molecule is C=C(CNC1CC1)Cn1ccn(C)c(=O)c1=O. The zero-order valence-corrected chi connectivity index (χ0v) is 9.98. The number of aryl methyl sites for hydroxylation is 1. The lowest BCUT2D eigenvalue weighted by Crippen LogP contribution is -2.40. The maximum atomic E-state index is 11.6. The fourth-order valence-corrected chi connectivity index (χ4v) is 1.59. The average Bonchev–Trinajstić information content (AvgIpc) is 3.11. The molecule has 1 aliphatic rings. The van der Waals surface area contributed by atoms with E-state index < -0.39 is 11.1 Å². The fraction of sp³-hybridized carbons (Fsp3) is 0.500. The Morgan fingerprint density at radius 3 is 2.76 bits per heavy atom. The van der Waals surface area contributed by atoms with Crippen LogP contribution in [-0.4, -0.2) is 21.7 Å². The molecule has 0 radical (unpaired) electrons. The molecule has 0 atom stereocenters. The van der Waals surface area contributed by atoms with Crippen LogP contribution in [0, 0.1) is 0 Å². The molecule has 1 aromatic heterocycles. The third-order valence-electron chi connectivity index (χ3n) is 2.85. The predicted octanol–water partition coefficient (Wildman–Crippen LogP) is -0.145. The molecular weight excluding hydrogens is 218 g/mol. The standard InChI is InChI=1S/C12H17N3O2/c1-9(7-13-10-3-4-10)8-15-6-5-14(2)11(16)12(15)17/h5-6,10,13H,1,3-4,7-8H2,2H3. The van der Waals surface area contributed by atoms with E-state index in [-0.39, 0.29) is 0 Å². The molecule has 17 heavy (non-hydrogen) atoms. The Morgan fingerprint density at radius 1 is 1.41 bits per heavy atom. The van der Waals surface area contributed by atoms with Crippen LogP contribution in [0.25, 0.3) is 0 Å². The van der Waals surface area contributed by atoms with Gasteiger partial charge in [0, 0.05) is 38.6 Å². The van der Waals surface area contributed by atoms with E-state index in [0.29, 0.717) is 19.1 Å². The Morgan fingerprint density at radius 2 is 2.12 bits per heavy atom. The highest BCUT2D eigenvalue weighted by atomic mass is 16.2. The van der Waals surface area contributed by atoms with Crippen molar-refractivity contribution in [2.45, 2.75) is 25.4 Å². The molecule has 1 aromatic rings. The van der Waals surface area contributed by atoms with Crippen LogP contribution in [0.5, 0.6) is 0 Å². The molecule has 0 bridgehead atoms. The summed E-state index contributed by atoms with van der Waals surface area (Å²) in [6.45, 7) is 5.01. The topological polar surface area (TPSA) is 56.0 Å². The van der Waals surface area contributed by atoms with Gasteiger partial charge in [0.25, 0.3) is 0 Å². The molecule has 0 amide bonds. The van der Waals surface area contributed by atoms with Gasteiger partial charge in [-0.3, -0.25) is 9.59 Å². The first-order chi connectivity index (χ1) is 8.08. The first-order valence-corrected chi connectivity index (χ1v) is 5.74. The maximum Gasteiger partial charge on any atom is 0.316 e. The Bertz CT molecular complexity index is 537. The molecular formula is C12H17N3O2. The van der Waals surface area contributed by atoms with Crippen LogP contribution in [0.2, 0.25) is 0 Å². The zero-order valence-electron chi connectivity index (χ0n) is 9.98. The zero-order chi connectivity index (χ0) is 12.4. The first kappa shape index (κ1) is 11.9. The van der Waals surface area contributed by atoms with Gasteiger partial charge >= 0.3 is 11.1 Å². The van der Waals surface area contributed by atoms with Crippen LogP contribution in [-0.2, 0) is 13.6 Å². The van der Waals surface area contributed by atoms with Crippen molar-refractivity contribution in [2.24, 2.45) is 7.05 Å². The van der Waals surface area contributed by atoms with Gasteiger partial charge in [0.2, 0.25) is 0 Å². The maximum absolute atomic E-state index is 11.6. The van der Waals surface area contributed by atoms with Gasteiger partial charge in [-0.2, -0.15) is 0 Å². The third kappa shape index (κ3) is 2.94. The van der Waals surface area contributed by atoms with E-state index in [2.05, 4.69) is 11.9 Å². The number of hydrogen-bond donors (Lipinski definition) is 1. The van der Waals surface area contributed by atoms with E-state index in [1.807, 2.05) is 0 Å². The summed E-state index contributed by atoms with van der Waals surface area (Å²) >= 11 is 0. The van der Waals surface area contributed by atoms with Crippen LogP contribution < -0.4 is 16.4 Å². The molecule has 5 nitrogen and oxygen atoms in total. The number of nitrogens with one attached hydrogen (secondary N) is 1. The normalized spacial score (nSPS) is 14.9. The Balaban J connectivity index is 2.02. The molecule has 0 aromatic carbocycles. The van der Waals surface area contributed by atoms with Crippen LogP contribution in [0.3, 0.4) is 0 Å². The van der Waals surface area contributed by atoms with Crippen LogP contribution in [0.1, 0.15) is 12.8 Å². The Labute approximate surface area is 99.4 Å². The average molecular weight is 235 g/mol. The van der Waals surface area contributed by atoms with Gasteiger partial charge in [0.15, 0.2) is 0 Å². The van der Waals surface area contributed by atoms with Gasteiger partial charge in [0.05, 0.1) is 0 Å². The second-order valence-corrected chi connectivity index (χ2v) is 4.55. The summed E-state index contributed by atoms with van der Waals surface area (Å²) in [5, 5.41) is 3.32. The minimum absolute atomic E-state index is 0.397. The number of aromatic nitrogens is 2. The molecule has 1 heterocycles. The molecule has 0 aliphatic heterocycles. The minimum atomic E-state index is -0.504. The fourth-order valence-electron chi connectivity index (χ4n) is 1.59. The number of hydrogen-bond acceptors (Lipinski definition) is 3. The molecule has 1 aliphatic carbocycles. The summed E-state index contributed by atoms with van der Waals surface area (Å²) in [4.78, 5) is 23.1. The van der Waals surface area contributed by atoms with Gasteiger partial charge in [-0.15, -0.1) is 0 Å². The molecule has 1 saturated carbocycles. The Kier molecular flexibility index (Phi) is 3.28. The van der Waals surface area contributed by atoms with Crippen molar-refractivity contribution in [2.75, 3.05) is 6.54 Å². The quantitative estimate of drug-likeness (QED) is 0.570. The van der Waals surface area contributed by atoms with Crippen LogP contribution >= 0.6 is 0 Å². The van der Waals surface area contributed by atoms with Crippen molar-refractivity contribution >= 4 is 0 Å². The highest BCUT2D eigenvalue weighted by molar-refractivity contribution is 5.01. The molecule has 1 fully saturated rings. The summed E-state index contributed by atoms with van der Waals surface area (Å²) in [6.07, 6.45) is 5.65. The summed E-state index contributed by atoms with van der Waals surface area (Å²) < 4.78 is 2.68. The summed E-state index contributed by atoms with van der Waals surface area (Å²) in [6, 6.07) is 0.618. The van der Waals surface area contributed by atoms with E-state index >= 15 is 0 Å². The van der Waals surface area contributed by atoms with Gasteiger partial charge < -0.3 is 14.5 Å².